The van der Waals surface area contributed by atoms with Crippen LogP contribution in [0.5, 0.6) is 0 Å². The van der Waals surface area contributed by atoms with Gasteiger partial charge in [0.15, 0.2) is 4.96 Å². The van der Waals surface area contributed by atoms with Crippen molar-refractivity contribution < 1.29 is 4.79 Å². The van der Waals surface area contributed by atoms with Gasteiger partial charge in [0.05, 0.1) is 0 Å². The Morgan fingerprint density at radius 2 is 2.09 bits per heavy atom. The molecular weight excluding hydrogens is 310 g/mol. The van der Waals surface area contributed by atoms with E-state index in [-0.39, 0.29) is 11.1 Å². The Morgan fingerprint density at radius 3 is 2.87 bits per heavy atom. The number of carbonyl (C=O) groups is 1. The molecule has 3 rings (SSSR count). The summed E-state index contributed by atoms with van der Waals surface area (Å²) in [5.74, 6) is -0.400. The van der Waals surface area contributed by atoms with Crippen LogP contribution >= 0.6 is 11.3 Å². The fourth-order valence-corrected chi connectivity index (χ4v) is 3.27. The average molecular weight is 327 g/mol. The highest BCUT2D eigenvalue weighted by atomic mass is 32.1. The first kappa shape index (κ1) is 15.4. The first-order valence-electron chi connectivity index (χ1n) is 7.27. The summed E-state index contributed by atoms with van der Waals surface area (Å²) in [4.78, 5) is 29.6. The van der Waals surface area contributed by atoms with Crippen molar-refractivity contribution in [3.8, 4) is 0 Å². The lowest BCUT2D eigenvalue weighted by molar-refractivity contribution is 0.0949. The summed E-state index contributed by atoms with van der Waals surface area (Å²) < 4.78 is 1.47. The molecule has 0 unspecified atom stereocenters. The Morgan fingerprint density at radius 1 is 1.30 bits per heavy atom. The molecule has 2 aromatic heterocycles. The minimum Gasteiger partial charge on any atom is -0.348 e. The number of hydrogen-bond acceptors (Lipinski definition) is 4. The highest BCUT2D eigenvalue weighted by Gasteiger charge is 2.15. The Balaban J connectivity index is 1.86. The topological polar surface area (TPSA) is 63.5 Å². The molecule has 0 fully saturated rings. The van der Waals surface area contributed by atoms with Crippen molar-refractivity contribution in [2.75, 3.05) is 0 Å². The summed E-state index contributed by atoms with van der Waals surface area (Å²) in [5.41, 5.74) is 3.80. The summed E-state index contributed by atoms with van der Waals surface area (Å²) in [7, 11) is 0. The van der Waals surface area contributed by atoms with Crippen LogP contribution in [0, 0.1) is 20.8 Å². The second-order valence-corrected chi connectivity index (χ2v) is 6.42. The quantitative estimate of drug-likeness (QED) is 0.804. The van der Waals surface area contributed by atoms with Crippen LogP contribution in [-0.4, -0.2) is 15.3 Å². The number of aryl methyl sites for hydroxylation is 3. The summed E-state index contributed by atoms with van der Waals surface area (Å²) in [6.07, 6.45) is 1.35. The average Bonchev–Trinajstić information content (AvgIpc) is 2.90. The zero-order valence-electron chi connectivity index (χ0n) is 13.2. The SMILES string of the molecule is Cc1ccc(C)c(CNC(=O)c2cnc3scc(C)n3c2=O)c1. The maximum atomic E-state index is 12.5. The van der Waals surface area contributed by atoms with Gasteiger partial charge in [-0.2, -0.15) is 0 Å². The van der Waals surface area contributed by atoms with Gasteiger partial charge in [-0.1, -0.05) is 23.8 Å². The maximum absolute atomic E-state index is 12.5. The Kier molecular flexibility index (Phi) is 4.00. The van der Waals surface area contributed by atoms with Gasteiger partial charge in [0, 0.05) is 23.8 Å². The highest BCUT2D eigenvalue weighted by Crippen LogP contribution is 2.12. The molecule has 1 aromatic carbocycles. The molecule has 0 spiro atoms. The molecule has 1 amide bonds. The number of carbonyl (C=O) groups excluding carboxylic acids is 1. The highest BCUT2D eigenvalue weighted by molar-refractivity contribution is 7.15. The maximum Gasteiger partial charge on any atom is 0.271 e. The molecule has 23 heavy (non-hydrogen) atoms. The number of hydrogen-bond donors (Lipinski definition) is 1. The number of aromatic nitrogens is 2. The molecule has 0 aliphatic rings. The van der Waals surface area contributed by atoms with Gasteiger partial charge >= 0.3 is 0 Å². The predicted octanol–water partition coefficient (Wildman–Crippen LogP) is 2.61. The van der Waals surface area contributed by atoms with Crippen LogP contribution in [0.1, 0.15) is 32.7 Å². The van der Waals surface area contributed by atoms with E-state index in [1.165, 1.54) is 21.9 Å². The third kappa shape index (κ3) is 2.90. The fourth-order valence-electron chi connectivity index (χ4n) is 2.44. The fraction of sp³-hybridized carbons (Fsp3) is 0.235. The van der Waals surface area contributed by atoms with Gasteiger partial charge < -0.3 is 5.32 Å². The number of amides is 1. The molecule has 0 radical (unpaired) electrons. The van der Waals surface area contributed by atoms with Crippen molar-refractivity contribution in [3.63, 3.8) is 0 Å². The van der Waals surface area contributed by atoms with E-state index in [2.05, 4.69) is 10.3 Å². The van der Waals surface area contributed by atoms with Crippen molar-refractivity contribution in [1.29, 1.82) is 0 Å². The van der Waals surface area contributed by atoms with E-state index in [0.717, 1.165) is 22.4 Å². The first-order chi connectivity index (χ1) is 11.0. The Labute approximate surface area is 137 Å². The van der Waals surface area contributed by atoms with Crippen molar-refractivity contribution in [3.05, 3.63) is 68.1 Å². The Bertz CT molecular complexity index is 956. The number of benzene rings is 1. The smallest absolute Gasteiger partial charge is 0.271 e. The molecule has 0 atom stereocenters. The second-order valence-electron chi connectivity index (χ2n) is 5.58. The lowest BCUT2D eigenvalue weighted by atomic mass is 10.1. The largest absolute Gasteiger partial charge is 0.348 e. The molecule has 3 aromatic rings. The molecule has 2 heterocycles. The standard InChI is InChI=1S/C17H17N3O2S/c1-10-4-5-11(2)13(6-10)7-18-15(21)14-8-19-17-20(16(14)22)12(3)9-23-17/h4-6,8-9H,7H2,1-3H3,(H,18,21). The van der Waals surface area contributed by atoms with Gasteiger partial charge in [0.25, 0.3) is 11.5 Å². The predicted molar refractivity (Wildman–Crippen MR) is 91.2 cm³/mol. The van der Waals surface area contributed by atoms with E-state index >= 15 is 0 Å². The van der Waals surface area contributed by atoms with Gasteiger partial charge in [0.2, 0.25) is 0 Å². The van der Waals surface area contributed by atoms with E-state index in [0.29, 0.717) is 11.5 Å². The summed E-state index contributed by atoms with van der Waals surface area (Å²) in [6, 6.07) is 6.09. The molecule has 5 nitrogen and oxygen atoms in total. The van der Waals surface area contributed by atoms with Crippen LogP contribution in [0.2, 0.25) is 0 Å². The monoisotopic (exact) mass is 327 g/mol. The molecule has 118 valence electrons. The summed E-state index contributed by atoms with van der Waals surface area (Å²) in [5, 5.41) is 4.66. The third-order valence-corrected chi connectivity index (χ3v) is 4.76. The van der Waals surface area contributed by atoms with E-state index in [1.54, 1.807) is 0 Å². The van der Waals surface area contributed by atoms with Crippen LogP contribution < -0.4 is 10.9 Å². The third-order valence-electron chi connectivity index (χ3n) is 3.81. The van der Waals surface area contributed by atoms with Crippen molar-refractivity contribution in [2.45, 2.75) is 27.3 Å². The normalized spacial score (nSPS) is 10.9. The van der Waals surface area contributed by atoms with E-state index in [9.17, 15) is 9.59 Å². The van der Waals surface area contributed by atoms with Crippen LogP contribution in [0.4, 0.5) is 0 Å². The molecule has 6 heteroatoms. The van der Waals surface area contributed by atoms with Crippen molar-refractivity contribution in [1.82, 2.24) is 14.7 Å². The van der Waals surface area contributed by atoms with Gasteiger partial charge in [-0.25, -0.2) is 4.98 Å². The first-order valence-corrected chi connectivity index (χ1v) is 8.15. The number of nitrogens with one attached hydrogen (secondary N) is 1. The molecule has 0 saturated heterocycles. The van der Waals surface area contributed by atoms with Gasteiger partial charge in [-0.3, -0.25) is 14.0 Å². The molecule has 0 bridgehead atoms. The number of thiazole rings is 1. The molecule has 1 N–H and O–H groups in total. The summed E-state index contributed by atoms with van der Waals surface area (Å²) in [6.45, 7) is 6.22. The molecule has 0 saturated carbocycles. The van der Waals surface area contributed by atoms with Gasteiger partial charge in [0.1, 0.15) is 5.56 Å². The zero-order valence-corrected chi connectivity index (χ0v) is 14.0. The van der Waals surface area contributed by atoms with Gasteiger partial charge in [-0.05, 0) is 31.9 Å². The van der Waals surface area contributed by atoms with E-state index < -0.39 is 5.91 Å². The number of fused-ring (bicyclic) bond motifs is 1. The van der Waals surface area contributed by atoms with Crippen LogP contribution in [0.3, 0.4) is 0 Å². The number of nitrogens with zero attached hydrogens (tertiary/aromatic N) is 2. The van der Waals surface area contributed by atoms with Gasteiger partial charge in [-0.15, -0.1) is 11.3 Å². The number of rotatable bonds is 3. The lowest BCUT2D eigenvalue weighted by Crippen LogP contribution is -2.31. The van der Waals surface area contributed by atoms with Crippen LogP contribution in [0.25, 0.3) is 4.96 Å². The minimum absolute atomic E-state index is 0.0642. The Hall–Kier alpha value is -2.47. The lowest BCUT2D eigenvalue weighted by Gasteiger charge is -2.09. The minimum atomic E-state index is -0.400. The van der Waals surface area contributed by atoms with Crippen LogP contribution in [0.15, 0.2) is 34.6 Å². The zero-order chi connectivity index (χ0) is 16.6. The molecule has 0 aliphatic carbocycles. The molecule has 0 aliphatic heterocycles. The van der Waals surface area contributed by atoms with Crippen LogP contribution in [-0.2, 0) is 6.54 Å². The molecular formula is C17H17N3O2S. The second kappa shape index (κ2) is 5.96. The van der Waals surface area contributed by atoms with Crippen molar-refractivity contribution >= 4 is 22.2 Å². The van der Waals surface area contributed by atoms with E-state index in [1.807, 2.05) is 44.4 Å². The van der Waals surface area contributed by atoms with Crippen molar-refractivity contribution in [2.24, 2.45) is 0 Å². The summed E-state index contributed by atoms with van der Waals surface area (Å²) >= 11 is 1.38. The van der Waals surface area contributed by atoms with E-state index in [4.69, 9.17) is 0 Å².